The van der Waals surface area contributed by atoms with Crippen molar-refractivity contribution in [3.8, 4) is 0 Å². The van der Waals surface area contributed by atoms with Gasteiger partial charge in [-0.05, 0) is 30.7 Å². The zero-order valence-corrected chi connectivity index (χ0v) is 12.9. The molecule has 1 saturated carbocycles. The highest BCUT2D eigenvalue weighted by molar-refractivity contribution is 5.98. The number of nitrogens with zero attached hydrogens (tertiary/aromatic N) is 1. The molecule has 1 atom stereocenters. The van der Waals surface area contributed by atoms with Crippen LogP contribution in [0.1, 0.15) is 56.6 Å². The number of hydrogen-bond acceptors (Lipinski definition) is 3. The molecule has 0 amide bonds. The molecule has 0 spiro atoms. The Kier molecular flexibility index (Phi) is 6.05. The number of nitrogens with one attached hydrogen (secondary N) is 1. The summed E-state index contributed by atoms with van der Waals surface area (Å²) in [6.07, 6.45) is 7.95. The number of benzene rings is 1. The summed E-state index contributed by atoms with van der Waals surface area (Å²) in [4.78, 5) is 0. The minimum atomic E-state index is 0.179. The van der Waals surface area contributed by atoms with E-state index in [9.17, 15) is 0 Å². The molecule has 0 bridgehead atoms. The SMILES string of the molecule is CCC(NCc1ccccc1C(N)=NO)C1CCCCC1. The minimum Gasteiger partial charge on any atom is -0.409 e. The molecular weight excluding hydrogens is 262 g/mol. The summed E-state index contributed by atoms with van der Waals surface area (Å²) in [6.45, 7) is 3.02. The van der Waals surface area contributed by atoms with Gasteiger partial charge in [0.2, 0.25) is 0 Å². The largest absolute Gasteiger partial charge is 0.409 e. The zero-order valence-electron chi connectivity index (χ0n) is 12.9. The van der Waals surface area contributed by atoms with Gasteiger partial charge in [0.15, 0.2) is 5.84 Å². The van der Waals surface area contributed by atoms with Crippen molar-refractivity contribution < 1.29 is 5.21 Å². The number of amidine groups is 1. The first-order valence-corrected chi connectivity index (χ1v) is 8.05. The molecule has 1 fully saturated rings. The molecule has 1 aliphatic carbocycles. The van der Waals surface area contributed by atoms with Gasteiger partial charge in [-0.25, -0.2) is 0 Å². The van der Waals surface area contributed by atoms with Crippen LogP contribution in [0.2, 0.25) is 0 Å². The van der Waals surface area contributed by atoms with E-state index in [2.05, 4.69) is 17.4 Å². The van der Waals surface area contributed by atoms with Crippen molar-refractivity contribution in [1.82, 2.24) is 5.32 Å². The van der Waals surface area contributed by atoms with E-state index < -0.39 is 0 Å². The molecule has 4 N–H and O–H groups in total. The van der Waals surface area contributed by atoms with E-state index in [1.165, 1.54) is 32.1 Å². The summed E-state index contributed by atoms with van der Waals surface area (Å²) in [5, 5.41) is 15.7. The summed E-state index contributed by atoms with van der Waals surface area (Å²) in [5.41, 5.74) is 7.65. The van der Waals surface area contributed by atoms with Gasteiger partial charge in [0, 0.05) is 18.2 Å². The summed E-state index contributed by atoms with van der Waals surface area (Å²) < 4.78 is 0. The first-order valence-electron chi connectivity index (χ1n) is 8.05. The molecule has 4 nitrogen and oxygen atoms in total. The highest BCUT2D eigenvalue weighted by Gasteiger charge is 2.22. The van der Waals surface area contributed by atoms with Gasteiger partial charge in [0.25, 0.3) is 0 Å². The maximum absolute atomic E-state index is 8.88. The second kappa shape index (κ2) is 8.03. The smallest absolute Gasteiger partial charge is 0.170 e. The predicted molar refractivity (Wildman–Crippen MR) is 86.4 cm³/mol. The maximum Gasteiger partial charge on any atom is 0.170 e. The fourth-order valence-electron chi connectivity index (χ4n) is 3.40. The topological polar surface area (TPSA) is 70.6 Å². The van der Waals surface area contributed by atoms with E-state index in [0.29, 0.717) is 6.04 Å². The molecular formula is C17H27N3O. The quantitative estimate of drug-likeness (QED) is 0.326. The van der Waals surface area contributed by atoms with Gasteiger partial charge >= 0.3 is 0 Å². The number of oxime groups is 1. The fourth-order valence-corrected chi connectivity index (χ4v) is 3.40. The van der Waals surface area contributed by atoms with Gasteiger partial charge in [0.1, 0.15) is 0 Å². The highest BCUT2D eigenvalue weighted by Crippen LogP contribution is 2.28. The molecule has 1 aliphatic rings. The molecule has 1 aromatic rings. The van der Waals surface area contributed by atoms with E-state index in [4.69, 9.17) is 10.9 Å². The lowest BCUT2D eigenvalue weighted by atomic mass is 9.83. The Bertz CT molecular complexity index is 467. The van der Waals surface area contributed by atoms with Crippen LogP contribution in [0.5, 0.6) is 0 Å². The minimum absolute atomic E-state index is 0.179. The van der Waals surface area contributed by atoms with Crippen LogP contribution in [0.15, 0.2) is 29.4 Å². The third kappa shape index (κ3) is 4.21. The third-order valence-electron chi connectivity index (χ3n) is 4.61. The zero-order chi connectivity index (χ0) is 15.1. The van der Waals surface area contributed by atoms with Crippen molar-refractivity contribution in [1.29, 1.82) is 0 Å². The second-order valence-corrected chi connectivity index (χ2v) is 5.94. The molecule has 1 unspecified atom stereocenters. The monoisotopic (exact) mass is 289 g/mol. The van der Waals surface area contributed by atoms with Gasteiger partial charge in [-0.1, -0.05) is 55.6 Å². The molecule has 0 aromatic heterocycles. The van der Waals surface area contributed by atoms with Crippen LogP contribution in [0.4, 0.5) is 0 Å². The average Bonchev–Trinajstić information content (AvgIpc) is 2.56. The fraction of sp³-hybridized carbons (Fsp3) is 0.588. The van der Waals surface area contributed by atoms with E-state index in [1.54, 1.807) is 0 Å². The Balaban J connectivity index is 2.01. The first kappa shape index (κ1) is 15.8. The molecule has 21 heavy (non-hydrogen) atoms. The van der Waals surface area contributed by atoms with Gasteiger partial charge < -0.3 is 16.3 Å². The van der Waals surface area contributed by atoms with Gasteiger partial charge in [-0.2, -0.15) is 0 Å². The van der Waals surface area contributed by atoms with Gasteiger partial charge in [-0.3, -0.25) is 0 Å². The Morgan fingerprint density at radius 2 is 2.05 bits per heavy atom. The normalized spacial score (nSPS) is 18.6. The standard InChI is InChI=1S/C17H27N3O/c1-2-16(13-8-4-3-5-9-13)19-12-14-10-6-7-11-15(14)17(18)20-21/h6-7,10-11,13,16,19,21H,2-5,8-9,12H2,1H3,(H2,18,20). The highest BCUT2D eigenvalue weighted by atomic mass is 16.4. The second-order valence-electron chi connectivity index (χ2n) is 5.94. The summed E-state index contributed by atoms with van der Waals surface area (Å²) >= 11 is 0. The lowest BCUT2D eigenvalue weighted by Gasteiger charge is -2.30. The van der Waals surface area contributed by atoms with Crippen LogP contribution < -0.4 is 11.1 Å². The first-order chi connectivity index (χ1) is 10.3. The van der Waals surface area contributed by atoms with Crippen LogP contribution in [-0.4, -0.2) is 17.1 Å². The lowest BCUT2D eigenvalue weighted by molar-refractivity contribution is 0.261. The Labute approximate surface area is 127 Å². The predicted octanol–water partition coefficient (Wildman–Crippen LogP) is 3.23. The summed E-state index contributed by atoms with van der Waals surface area (Å²) in [6, 6.07) is 8.40. The van der Waals surface area contributed by atoms with E-state index in [0.717, 1.165) is 30.0 Å². The Morgan fingerprint density at radius 1 is 1.33 bits per heavy atom. The van der Waals surface area contributed by atoms with Crippen molar-refractivity contribution in [3.05, 3.63) is 35.4 Å². The van der Waals surface area contributed by atoms with E-state index in [-0.39, 0.29) is 5.84 Å². The lowest BCUT2D eigenvalue weighted by Crippen LogP contribution is -2.36. The molecule has 0 heterocycles. The molecule has 0 radical (unpaired) electrons. The van der Waals surface area contributed by atoms with Crippen LogP contribution in [0.3, 0.4) is 0 Å². The summed E-state index contributed by atoms with van der Waals surface area (Å²) in [7, 11) is 0. The molecule has 116 valence electrons. The molecule has 0 saturated heterocycles. The van der Waals surface area contributed by atoms with Crippen molar-refractivity contribution in [2.75, 3.05) is 0 Å². The Hall–Kier alpha value is -1.55. The van der Waals surface area contributed by atoms with E-state index in [1.807, 2.05) is 24.3 Å². The molecule has 2 rings (SSSR count). The number of hydrogen-bond donors (Lipinski definition) is 3. The van der Waals surface area contributed by atoms with Crippen molar-refractivity contribution in [3.63, 3.8) is 0 Å². The molecule has 1 aromatic carbocycles. The molecule has 4 heteroatoms. The summed E-state index contributed by atoms with van der Waals surface area (Å²) in [5.74, 6) is 0.970. The molecule has 0 aliphatic heterocycles. The van der Waals surface area contributed by atoms with Crippen LogP contribution in [0, 0.1) is 5.92 Å². The van der Waals surface area contributed by atoms with Crippen LogP contribution >= 0.6 is 0 Å². The van der Waals surface area contributed by atoms with Crippen molar-refractivity contribution in [2.45, 2.75) is 58.0 Å². The van der Waals surface area contributed by atoms with Crippen molar-refractivity contribution >= 4 is 5.84 Å². The van der Waals surface area contributed by atoms with Crippen LogP contribution in [-0.2, 0) is 6.54 Å². The van der Waals surface area contributed by atoms with Gasteiger partial charge in [0.05, 0.1) is 0 Å². The average molecular weight is 289 g/mol. The maximum atomic E-state index is 8.88. The van der Waals surface area contributed by atoms with E-state index >= 15 is 0 Å². The van der Waals surface area contributed by atoms with Crippen molar-refractivity contribution in [2.24, 2.45) is 16.8 Å². The Morgan fingerprint density at radius 3 is 2.71 bits per heavy atom. The van der Waals surface area contributed by atoms with Crippen LogP contribution in [0.25, 0.3) is 0 Å². The number of rotatable bonds is 6. The van der Waals surface area contributed by atoms with Gasteiger partial charge in [-0.15, -0.1) is 0 Å². The third-order valence-corrected chi connectivity index (χ3v) is 4.61. The number of nitrogens with two attached hydrogens (primary N) is 1.